The third-order valence-corrected chi connectivity index (χ3v) is 3.28. The van der Waals surface area contributed by atoms with Gasteiger partial charge in [0, 0.05) is 37.7 Å². The third-order valence-electron chi connectivity index (χ3n) is 2.97. The van der Waals surface area contributed by atoms with Crippen molar-refractivity contribution in [2.24, 2.45) is 0 Å². The van der Waals surface area contributed by atoms with Crippen LogP contribution < -0.4 is 5.32 Å². The molecule has 1 heterocycles. The van der Waals surface area contributed by atoms with Crippen LogP contribution in [0.4, 0.5) is 5.69 Å². The maximum atomic E-state index is 5.75. The molecule has 3 nitrogen and oxygen atoms in total. The van der Waals surface area contributed by atoms with Crippen molar-refractivity contribution >= 4 is 17.3 Å². The maximum absolute atomic E-state index is 5.75. The first-order chi connectivity index (χ1) is 8.38. The molecule has 2 rings (SSSR count). The number of rotatable bonds is 5. The number of morpholine rings is 1. The number of nitrogens with one attached hydrogen (secondary N) is 1. The normalized spacial score (nSPS) is 17.0. The molecule has 17 heavy (non-hydrogen) atoms. The standard InChI is InChI=1S/C13H19ClN2O/c14-11-12-1-3-13(4-2-12)15-5-6-16-7-9-17-10-8-16/h1-4,15H,5-11H2. The van der Waals surface area contributed by atoms with Crippen LogP contribution in [0.25, 0.3) is 0 Å². The number of nitrogens with zero attached hydrogens (tertiary/aromatic N) is 1. The number of anilines is 1. The molecule has 0 aromatic heterocycles. The highest BCUT2D eigenvalue weighted by Crippen LogP contribution is 2.10. The number of ether oxygens (including phenoxy) is 1. The first kappa shape index (κ1) is 12.7. The fraction of sp³-hybridized carbons (Fsp3) is 0.538. The summed E-state index contributed by atoms with van der Waals surface area (Å²) in [6.45, 7) is 5.87. The van der Waals surface area contributed by atoms with Gasteiger partial charge in [0.1, 0.15) is 0 Å². The van der Waals surface area contributed by atoms with Gasteiger partial charge in [0.15, 0.2) is 0 Å². The number of halogens is 1. The molecule has 1 saturated heterocycles. The second-order valence-electron chi connectivity index (χ2n) is 4.21. The molecule has 0 spiro atoms. The zero-order valence-corrected chi connectivity index (χ0v) is 10.7. The van der Waals surface area contributed by atoms with Gasteiger partial charge in [0.25, 0.3) is 0 Å². The van der Waals surface area contributed by atoms with Crippen LogP contribution in [0, 0.1) is 0 Å². The molecule has 0 bridgehead atoms. The van der Waals surface area contributed by atoms with E-state index in [1.807, 2.05) is 0 Å². The molecule has 0 atom stereocenters. The minimum absolute atomic E-state index is 0.577. The quantitative estimate of drug-likeness (QED) is 0.815. The largest absolute Gasteiger partial charge is 0.384 e. The van der Waals surface area contributed by atoms with Crippen molar-refractivity contribution in [1.29, 1.82) is 0 Å². The summed E-state index contributed by atoms with van der Waals surface area (Å²) >= 11 is 5.75. The van der Waals surface area contributed by atoms with Gasteiger partial charge in [-0.25, -0.2) is 0 Å². The van der Waals surface area contributed by atoms with Crippen LogP contribution >= 0.6 is 11.6 Å². The van der Waals surface area contributed by atoms with Gasteiger partial charge in [0.05, 0.1) is 13.2 Å². The topological polar surface area (TPSA) is 24.5 Å². The molecular formula is C13H19ClN2O. The lowest BCUT2D eigenvalue weighted by atomic mass is 10.2. The van der Waals surface area contributed by atoms with E-state index in [0.717, 1.165) is 50.6 Å². The molecule has 1 fully saturated rings. The molecule has 4 heteroatoms. The monoisotopic (exact) mass is 254 g/mol. The van der Waals surface area contributed by atoms with Crippen molar-refractivity contribution in [2.45, 2.75) is 5.88 Å². The fourth-order valence-corrected chi connectivity index (χ4v) is 2.07. The molecule has 1 aromatic rings. The van der Waals surface area contributed by atoms with Crippen LogP contribution in [-0.2, 0) is 10.6 Å². The molecule has 0 aliphatic carbocycles. The zero-order chi connectivity index (χ0) is 11.9. The van der Waals surface area contributed by atoms with Gasteiger partial charge in [-0.2, -0.15) is 0 Å². The molecular weight excluding hydrogens is 236 g/mol. The SMILES string of the molecule is ClCc1ccc(NCCN2CCOCC2)cc1. The van der Waals surface area contributed by atoms with Gasteiger partial charge >= 0.3 is 0 Å². The summed E-state index contributed by atoms with van der Waals surface area (Å²) in [6.07, 6.45) is 0. The first-order valence-electron chi connectivity index (χ1n) is 6.07. The Morgan fingerprint density at radius 2 is 1.88 bits per heavy atom. The van der Waals surface area contributed by atoms with Crippen molar-refractivity contribution < 1.29 is 4.74 Å². The molecule has 0 radical (unpaired) electrons. The van der Waals surface area contributed by atoms with Crippen molar-refractivity contribution in [3.8, 4) is 0 Å². The molecule has 0 unspecified atom stereocenters. The summed E-state index contributed by atoms with van der Waals surface area (Å²) in [5.41, 5.74) is 2.32. The van der Waals surface area contributed by atoms with Crippen LogP contribution in [0.3, 0.4) is 0 Å². The lowest BCUT2D eigenvalue weighted by Gasteiger charge is -2.26. The zero-order valence-electron chi connectivity index (χ0n) is 9.99. The highest BCUT2D eigenvalue weighted by molar-refractivity contribution is 6.17. The van der Waals surface area contributed by atoms with Crippen molar-refractivity contribution in [3.05, 3.63) is 29.8 Å². The number of alkyl halides is 1. The van der Waals surface area contributed by atoms with E-state index < -0.39 is 0 Å². The van der Waals surface area contributed by atoms with E-state index >= 15 is 0 Å². The van der Waals surface area contributed by atoms with Gasteiger partial charge in [0.2, 0.25) is 0 Å². The van der Waals surface area contributed by atoms with Gasteiger partial charge in [-0.15, -0.1) is 11.6 Å². The van der Waals surface area contributed by atoms with E-state index in [2.05, 4.69) is 34.5 Å². The third kappa shape index (κ3) is 4.19. The minimum Gasteiger partial charge on any atom is -0.384 e. The van der Waals surface area contributed by atoms with E-state index in [4.69, 9.17) is 16.3 Å². The Labute approximate surface area is 108 Å². The predicted octanol–water partition coefficient (Wildman–Crippen LogP) is 2.17. The molecule has 1 aliphatic rings. The van der Waals surface area contributed by atoms with Gasteiger partial charge in [-0.05, 0) is 17.7 Å². The number of benzene rings is 1. The van der Waals surface area contributed by atoms with E-state index in [1.165, 1.54) is 0 Å². The minimum atomic E-state index is 0.577. The Morgan fingerprint density at radius 1 is 1.18 bits per heavy atom. The van der Waals surface area contributed by atoms with Crippen molar-refractivity contribution in [3.63, 3.8) is 0 Å². The van der Waals surface area contributed by atoms with Gasteiger partial charge < -0.3 is 10.1 Å². The van der Waals surface area contributed by atoms with Gasteiger partial charge in [-0.1, -0.05) is 12.1 Å². The molecule has 0 amide bonds. The Balaban J connectivity index is 1.69. The van der Waals surface area contributed by atoms with Crippen LogP contribution in [0.2, 0.25) is 0 Å². The Morgan fingerprint density at radius 3 is 2.53 bits per heavy atom. The number of hydrogen-bond donors (Lipinski definition) is 1. The molecule has 0 saturated carbocycles. The Kier molecular flexibility index (Phi) is 5.10. The molecule has 1 N–H and O–H groups in total. The highest BCUT2D eigenvalue weighted by atomic mass is 35.5. The van der Waals surface area contributed by atoms with Crippen LogP contribution in [-0.4, -0.2) is 44.3 Å². The van der Waals surface area contributed by atoms with Crippen LogP contribution in [0.1, 0.15) is 5.56 Å². The van der Waals surface area contributed by atoms with Crippen LogP contribution in [0.15, 0.2) is 24.3 Å². The van der Waals surface area contributed by atoms with E-state index in [9.17, 15) is 0 Å². The predicted molar refractivity (Wildman–Crippen MR) is 71.7 cm³/mol. The van der Waals surface area contributed by atoms with Crippen molar-refractivity contribution in [1.82, 2.24) is 4.90 Å². The first-order valence-corrected chi connectivity index (χ1v) is 6.61. The number of hydrogen-bond acceptors (Lipinski definition) is 3. The smallest absolute Gasteiger partial charge is 0.0594 e. The molecule has 1 aliphatic heterocycles. The summed E-state index contributed by atoms with van der Waals surface area (Å²) in [4.78, 5) is 2.42. The average Bonchev–Trinajstić information content (AvgIpc) is 2.41. The summed E-state index contributed by atoms with van der Waals surface area (Å²) in [5.74, 6) is 0.577. The van der Waals surface area contributed by atoms with E-state index in [0.29, 0.717) is 5.88 Å². The summed E-state index contributed by atoms with van der Waals surface area (Å²) < 4.78 is 5.32. The summed E-state index contributed by atoms with van der Waals surface area (Å²) in [5, 5.41) is 3.42. The average molecular weight is 255 g/mol. The molecule has 94 valence electrons. The summed E-state index contributed by atoms with van der Waals surface area (Å²) in [7, 11) is 0. The van der Waals surface area contributed by atoms with E-state index in [-0.39, 0.29) is 0 Å². The Hall–Kier alpha value is -0.770. The lowest BCUT2D eigenvalue weighted by Crippen LogP contribution is -2.38. The van der Waals surface area contributed by atoms with Gasteiger partial charge in [-0.3, -0.25) is 4.90 Å². The maximum Gasteiger partial charge on any atom is 0.0594 e. The highest BCUT2D eigenvalue weighted by Gasteiger charge is 2.08. The van der Waals surface area contributed by atoms with E-state index in [1.54, 1.807) is 0 Å². The Bertz CT molecular complexity index is 323. The van der Waals surface area contributed by atoms with Crippen molar-refractivity contribution in [2.75, 3.05) is 44.7 Å². The van der Waals surface area contributed by atoms with Crippen LogP contribution in [0.5, 0.6) is 0 Å². The molecule has 1 aromatic carbocycles. The second-order valence-corrected chi connectivity index (χ2v) is 4.48. The second kappa shape index (κ2) is 6.84. The summed E-state index contributed by atoms with van der Waals surface area (Å²) in [6, 6.07) is 8.28. The fourth-order valence-electron chi connectivity index (χ4n) is 1.89. The lowest BCUT2D eigenvalue weighted by molar-refractivity contribution is 0.0398.